The molecule has 21 heavy (non-hydrogen) atoms. The number of nitrogens with zero attached hydrogens (tertiary/aromatic N) is 2. The molecule has 2 rings (SSSR count). The first-order chi connectivity index (χ1) is 10.1. The number of carbonyl (C=O) groups is 1. The van der Waals surface area contributed by atoms with Crippen LogP contribution in [0.5, 0.6) is 0 Å². The van der Waals surface area contributed by atoms with Gasteiger partial charge >= 0.3 is 0 Å². The lowest BCUT2D eigenvalue weighted by Crippen LogP contribution is -2.29. The van der Waals surface area contributed by atoms with Crippen molar-refractivity contribution in [2.75, 3.05) is 27.2 Å². The molecule has 0 radical (unpaired) electrons. The van der Waals surface area contributed by atoms with Crippen LogP contribution in [0, 0.1) is 6.92 Å². The van der Waals surface area contributed by atoms with E-state index in [2.05, 4.69) is 20.5 Å². The average molecular weight is 290 g/mol. The summed E-state index contributed by atoms with van der Waals surface area (Å²) in [6.45, 7) is 5.45. The third-order valence-corrected chi connectivity index (χ3v) is 3.94. The third kappa shape index (κ3) is 4.51. The molecule has 0 saturated heterocycles. The summed E-state index contributed by atoms with van der Waals surface area (Å²) in [5.41, 5.74) is 4.87. The van der Waals surface area contributed by atoms with E-state index in [1.165, 1.54) is 16.7 Å². The van der Waals surface area contributed by atoms with Gasteiger partial charge in [0.2, 0.25) is 5.91 Å². The number of aromatic nitrogens is 1. The molecule has 0 aromatic carbocycles. The molecular weight excluding hydrogens is 264 g/mol. The lowest BCUT2D eigenvalue weighted by molar-refractivity contribution is -0.121. The number of fused-ring (bicyclic) bond motifs is 1. The van der Waals surface area contributed by atoms with Crippen LogP contribution in [0.3, 0.4) is 0 Å². The summed E-state index contributed by atoms with van der Waals surface area (Å²) < 4.78 is 0. The Labute approximate surface area is 127 Å². The van der Waals surface area contributed by atoms with Gasteiger partial charge in [0.25, 0.3) is 0 Å². The number of aryl methyl sites for hydroxylation is 1. The SMILES string of the molecule is Cc1ncc2c(c1CNC(=O)CCCN(C)C)CCNC2. The van der Waals surface area contributed by atoms with Gasteiger partial charge in [-0.25, -0.2) is 0 Å². The zero-order valence-corrected chi connectivity index (χ0v) is 13.3. The van der Waals surface area contributed by atoms with E-state index in [0.717, 1.165) is 38.2 Å². The van der Waals surface area contributed by atoms with Gasteiger partial charge in [0.05, 0.1) is 0 Å². The molecule has 2 N–H and O–H groups in total. The van der Waals surface area contributed by atoms with Crippen molar-refractivity contribution in [1.82, 2.24) is 20.5 Å². The van der Waals surface area contributed by atoms with Gasteiger partial charge < -0.3 is 15.5 Å². The number of carbonyl (C=O) groups excluding carboxylic acids is 1. The maximum atomic E-state index is 11.9. The molecule has 0 unspecified atom stereocenters. The molecule has 116 valence electrons. The van der Waals surface area contributed by atoms with Crippen LogP contribution in [-0.2, 0) is 24.3 Å². The zero-order valence-electron chi connectivity index (χ0n) is 13.3. The third-order valence-electron chi connectivity index (χ3n) is 3.94. The van der Waals surface area contributed by atoms with E-state index >= 15 is 0 Å². The fraction of sp³-hybridized carbons (Fsp3) is 0.625. The predicted octanol–water partition coefficient (Wildman–Crippen LogP) is 0.994. The Bertz CT molecular complexity index is 499. The Morgan fingerprint density at radius 3 is 3.05 bits per heavy atom. The number of amides is 1. The second-order valence-corrected chi connectivity index (χ2v) is 5.94. The molecule has 0 saturated carbocycles. The van der Waals surface area contributed by atoms with Gasteiger partial charge in [-0.2, -0.15) is 0 Å². The van der Waals surface area contributed by atoms with Crippen LogP contribution in [-0.4, -0.2) is 43.0 Å². The van der Waals surface area contributed by atoms with Crippen molar-refractivity contribution in [3.8, 4) is 0 Å². The summed E-state index contributed by atoms with van der Waals surface area (Å²) in [5, 5.41) is 6.40. The smallest absolute Gasteiger partial charge is 0.220 e. The second-order valence-electron chi connectivity index (χ2n) is 5.94. The minimum absolute atomic E-state index is 0.128. The van der Waals surface area contributed by atoms with Gasteiger partial charge in [-0.1, -0.05) is 0 Å². The molecule has 0 fully saturated rings. The summed E-state index contributed by atoms with van der Waals surface area (Å²) in [4.78, 5) is 18.5. The molecule has 0 spiro atoms. The lowest BCUT2D eigenvalue weighted by Gasteiger charge is -2.21. The highest BCUT2D eigenvalue weighted by molar-refractivity contribution is 5.75. The number of pyridine rings is 1. The summed E-state index contributed by atoms with van der Waals surface area (Å²) in [6.07, 6.45) is 4.46. The Kier molecular flexibility index (Phi) is 5.70. The standard InChI is InChI=1S/C16H26N4O/c1-12-15(11-19-16(21)5-4-8-20(2)3)14-6-7-17-9-13(14)10-18-12/h10,17H,4-9,11H2,1-3H3,(H,19,21). The molecule has 1 amide bonds. The molecule has 1 aromatic rings. The Morgan fingerprint density at radius 1 is 1.48 bits per heavy atom. The topological polar surface area (TPSA) is 57.3 Å². The first-order valence-electron chi connectivity index (χ1n) is 7.66. The minimum Gasteiger partial charge on any atom is -0.352 e. The molecule has 0 atom stereocenters. The van der Waals surface area contributed by atoms with Crippen LogP contribution in [0.25, 0.3) is 0 Å². The molecule has 0 bridgehead atoms. The van der Waals surface area contributed by atoms with E-state index in [-0.39, 0.29) is 5.91 Å². The monoisotopic (exact) mass is 290 g/mol. The van der Waals surface area contributed by atoms with Crippen LogP contribution in [0.2, 0.25) is 0 Å². The Balaban J connectivity index is 1.92. The quantitative estimate of drug-likeness (QED) is 0.820. The van der Waals surface area contributed by atoms with Gasteiger partial charge in [-0.15, -0.1) is 0 Å². The molecule has 1 aliphatic rings. The summed E-state index contributed by atoms with van der Waals surface area (Å²) in [5.74, 6) is 0.128. The Hall–Kier alpha value is -1.46. The van der Waals surface area contributed by atoms with Crippen molar-refractivity contribution in [3.05, 3.63) is 28.6 Å². The van der Waals surface area contributed by atoms with Crippen molar-refractivity contribution in [3.63, 3.8) is 0 Å². The van der Waals surface area contributed by atoms with Crippen molar-refractivity contribution < 1.29 is 4.79 Å². The molecule has 0 aliphatic carbocycles. The van der Waals surface area contributed by atoms with E-state index < -0.39 is 0 Å². The molecular formula is C16H26N4O. The number of nitrogens with one attached hydrogen (secondary N) is 2. The first kappa shape index (κ1) is 15.9. The van der Waals surface area contributed by atoms with E-state index in [1.54, 1.807) is 0 Å². The highest BCUT2D eigenvalue weighted by Gasteiger charge is 2.16. The van der Waals surface area contributed by atoms with Crippen LogP contribution < -0.4 is 10.6 Å². The molecule has 1 aliphatic heterocycles. The summed E-state index contributed by atoms with van der Waals surface area (Å²) in [6, 6.07) is 0. The predicted molar refractivity (Wildman–Crippen MR) is 84.0 cm³/mol. The van der Waals surface area contributed by atoms with Crippen LogP contribution in [0.4, 0.5) is 0 Å². The van der Waals surface area contributed by atoms with Crippen molar-refractivity contribution >= 4 is 5.91 Å². The van der Waals surface area contributed by atoms with E-state index in [9.17, 15) is 4.79 Å². The van der Waals surface area contributed by atoms with Gasteiger partial charge in [0.1, 0.15) is 0 Å². The minimum atomic E-state index is 0.128. The van der Waals surface area contributed by atoms with Gasteiger partial charge in [-0.3, -0.25) is 9.78 Å². The zero-order chi connectivity index (χ0) is 15.2. The van der Waals surface area contributed by atoms with E-state index in [4.69, 9.17) is 0 Å². The van der Waals surface area contributed by atoms with Gasteiger partial charge in [-0.05, 0) is 63.6 Å². The normalized spacial score (nSPS) is 14.1. The van der Waals surface area contributed by atoms with Gasteiger partial charge in [0, 0.05) is 31.4 Å². The van der Waals surface area contributed by atoms with Crippen LogP contribution >= 0.6 is 0 Å². The van der Waals surface area contributed by atoms with Crippen molar-refractivity contribution in [2.45, 2.75) is 39.3 Å². The maximum Gasteiger partial charge on any atom is 0.220 e. The Morgan fingerprint density at radius 2 is 2.29 bits per heavy atom. The summed E-state index contributed by atoms with van der Waals surface area (Å²) >= 11 is 0. The molecule has 2 heterocycles. The van der Waals surface area contributed by atoms with E-state index in [0.29, 0.717) is 13.0 Å². The fourth-order valence-electron chi connectivity index (χ4n) is 2.71. The van der Waals surface area contributed by atoms with Crippen molar-refractivity contribution in [1.29, 1.82) is 0 Å². The second kappa shape index (κ2) is 7.52. The highest BCUT2D eigenvalue weighted by Crippen LogP contribution is 2.20. The fourth-order valence-corrected chi connectivity index (χ4v) is 2.71. The first-order valence-corrected chi connectivity index (χ1v) is 7.66. The molecule has 5 nitrogen and oxygen atoms in total. The lowest BCUT2D eigenvalue weighted by atomic mass is 9.96. The van der Waals surface area contributed by atoms with Crippen molar-refractivity contribution in [2.24, 2.45) is 0 Å². The summed E-state index contributed by atoms with van der Waals surface area (Å²) in [7, 11) is 4.05. The van der Waals surface area contributed by atoms with Gasteiger partial charge in [0.15, 0.2) is 0 Å². The number of rotatable bonds is 6. The number of hydrogen-bond donors (Lipinski definition) is 2. The van der Waals surface area contributed by atoms with Crippen LogP contribution in [0.1, 0.15) is 35.2 Å². The molecule has 5 heteroatoms. The largest absolute Gasteiger partial charge is 0.352 e. The average Bonchev–Trinajstić information content (AvgIpc) is 2.46. The highest BCUT2D eigenvalue weighted by atomic mass is 16.1. The van der Waals surface area contributed by atoms with E-state index in [1.807, 2.05) is 27.2 Å². The number of hydrogen-bond acceptors (Lipinski definition) is 4. The molecule has 1 aromatic heterocycles. The van der Waals surface area contributed by atoms with Crippen LogP contribution in [0.15, 0.2) is 6.20 Å². The maximum absolute atomic E-state index is 11.9.